The second-order valence-electron chi connectivity index (χ2n) is 6.76. The Kier molecular flexibility index (Phi) is 6.06. The van der Waals surface area contributed by atoms with Crippen LogP contribution in [0.15, 0.2) is 0 Å². The third-order valence-electron chi connectivity index (χ3n) is 5.04. The Morgan fingerprint density at radius 2 is 1.83 bits per heavy atom. The first-order valence-corrected chi connectivity index (χ1v) is 10.4. The summed E-state index contributed by atoms with van der Waals surface area (Å²) in [6, 6.07) is -0.184. The number of piperidine rings is 1. The summed E-state index contributed by atoms with van der Waals surface area (Å²) in [6.45, 7) is 3.34. The van der Waals surface area contributed by atoms with Crippen molar-refractivity contribution in [3.63, 3.8) is 0 Å². The van der Waals surface area contributed by atoms with Crippen LogP contribution in [0.5, 0.6) is 0 Å². The molecule has 2 amide bonds. The van der Waals surface area contributed by atoms with E-state index in [-0.39, 0.29) is 35.3 Å². The van der Waals surface area contributed by atoms with E-state index in [2.05, 4.69) is 6.92 Å². The minimum Gasteiger partial charge on any atom is -0.343 e. The van der Waals surface area contributed by atoms with E-state index in [0.717, 1.165) is 12.8 Å². The summed E-state index contributed by atoms with van der Waals surface area (Å²) >= 11 is 0. The molecule has 0 aliphatic carbocycles. The molecule has 0 bridgehead atoms. The number of sulfone groups is 1. The molecule has 0 aromatic rings. The Hall–Kier alpha value is -1.11. The largest absolute Gasteiger partial charge is 0.343 e. The van der Waals surface area contributed by atoms with Gasteiger partial charge in [0.05, 0.1) is 11.5 Å². The number of hydrogen-bond donors (Lipinski definition) is 0. The van der Waals surface area contributed by atoms with E-state index in [1.807, 2.05) is 4.90 Å². The minimum atomic E-state index is -2.98. The van der Waals surface area contributed by atoms with Gasteiger partial charge in [-0.3, -0.25) is 9.59 Å². The molecule has 2 fully saturated rings. The van der Waals surface area contributed by atoms with Crippen molar-refractivity contribution >= 4 is 21.7 Å². The molecule has 0 saturated carbocycles. The van der Waals surface area contributed by atoms with Crippen LogP contribution in [0, 0.1) is 5.92 Å². The summed E-state index contributed by atoms with van der Waals surface area (Å²) in [6.07, 6.45) is 4.42. The number of carbonyl (C=O) groups excluding carboxylic acids is 2. The molecule has 2 saturated heterocycles. The van der Waals surface area contributed by atoms with Crippen molar-refractivity contribution in [3.8, 4) is 0 Å². The maximum absolute atomic E-state index is 12.6. The molecule has 2 aliphatic rings. The Morgan fingerprint density at radius 1 is 1.17 bits per heavy atom. The van der Waals surface area contributed by atoms with E-state index in [1.165, 1.54) is 0 Å². The number of likely N-dealkylation sites (tertiary alicyclic amines) is 1. The Labute approximate surface area is 139 Å². The Balaban J connectivity index is 1.82. The van der Waals surface area contributed by atoms with E-state index in [0.29, 0.717) is 38.8 Å². The number of hydrogen-bond acceptors (Lipinski definition) is 4. The highest BCUT2D eigenvalue weighted by atomic mass is 32.2. The van der Waals surface area contributed by atoms with Crippen LogP contribution in [0.4, 0.5) is 0 Å². The van der Waals surface area contributed by atoms with Gasteiger partial charge >= 0.3 is 0 Å². The van der Waals surface area contributed by atoms with Crippen LogP contribution >= 0.6 is 0 Å². The molecular formula is C16H28N2O4S. The van der Waals surface area contributed by atoms with Gasteiger partial charge < -0.3 is 9.80 Å². The van der Waals surface area contributed by atoms with E-state index in [1.54, 1.807) is 11.9 Å². The summed E-state index contributed by atoms with van der Waals surface area (Å²) in [4.78, 5) is 28.1. The van der Waals surface area contributed by atoms with E-state index in [9.17, 15) is 18.0 Å². The van der Waals surface area contributed by atoms with Crippen molar-refractivity contribution in [1.29, 1.82) is 0 Å². The van der Waals surface area contributed by atoms with Gasteiger partial charge in [0.25, 0.3) is 0 Å². The second-order valence-corrected chi connectivity index (χ2v) is 8.99. The molecule has 7 heteroatoms. The normalized spacial score (nSPS) is 24.6. The molecular weight excluding hydrogens is 316 g/mol. The summed E-state index contributed by atoms with van der Waals surface area (Å²) in [5.74, 6) is 0.405. The van der Waals surface area contributed by atoms with Gasteiger partial charge in [-0.05, 0) is 25.7 Å². The molecule has 0 radical (unpaired) electrons. The molecule has 0 aromatic heterocycles. The maximum Gasteiger partial charge on any atom is 0.225 e. The van der Waals surface area contributed by atoms with Gasteiger partial charge in [0.2, 0.25) is 11.8 Å². The zero-order chi connectivity index (χ0) is 17.0. The van der Waals surface area contributed by atoms with Gasteiger partial charge in [0.15, 0.2) is 9.84 Å². The topological polar surface area (TPSA) is 74.8 Å². The average Bonchev–Trinajstić information content (AvgIpc) is 2.91. The van der Waals surface area contributed by atoms with Gasteiger partial charge in [-0.2, -0.15) is 0 Å². The van der Waals surface area contributed by atoms with Gasteiger partial charge in [-0.1, -0.05) is 13.3 Å². The maximum atomic E-state index is 12.6. The van der Waals surface area contributed by atoms with Crippen molar-refractivity contribution in [2.24, 2.45) is 5.92 Å². The van der Waals surface area contributed by atoms with Crippen molar-refractivity contribution in [2.75, 3.05) is 31.6 Å². The predicted octanol–water partition coefficient (Wildman–Crippen LogP) is 1.06. The SMILES string of the molecule is CCCCC(=O)N1CCC(C(=O)N(C)C2CCS(=O)(=O)C2)CC1. The van der Waals surface area contributed by atoms with Crippen LogP contribution in [-0.2, 0) is 19.4 Å². The summed E-state index contributed by atoms with van der Waals surface area (Å²) < 4.78 is 23.1. The number of nitrogens with zero attached hydrogens (tertiary/aromatic N) is 2. The van der Waals surface area contributed by atoms with Crippen molar-refractivity contribution in [1.82, 2.24) is 9.80 Å². The first-order valence-electron chi connectivity index (χ1n) is 8.59. The molecule has 2 heterocycles. The van der Waals surface area contributed by atoms with Crippen molar-refractivity contribution in [3.05, 3.63) is 0 Å². The fourth-order valence-electron chi connectivity index (χ4n) is 3.41. The number of carbonyl (C=O) groups is 2. The lowest BCUT2D eigenvalue weighted by Crippen LogP contribution is -2.46. The molecule has 23 heavy (non-hydrogen) atoms. The summed E-state index contributed by atoms with van der Waals surface area (Å²) in [5.41, 5.74) is 0. The van der Waals surface area contributed by atoms with Gasteiger partial charge in [-0.15, -0.1) is 0 Å². The van der Waals surface area contributed by atoms with Crippen molar-refractivity contribution < 1.29 is 18.0 Å². The summed E-state index contributed by atoms with van der Waals surface area (Å²) in [7, 11) is -1.27. The lowest BCUT2D eigenvalue weighted by atomic mass is 9.94. The number of unbranched alkanes of at least 4 members (excludes halogenated alkanes) is 1. The molecule has 1 unspecified atom stereocenters. The highest BCUT2D eigenvalue weighted by Crippen LogP contribution is 2.24. The quantitative estimate of drug-likeness (QED) is 0.747. The monoisotopic (exact) mass is 344 g/mol. The molecule has 1 atom stereocenters. The Morgan fingerprint density at radius 3 is 2.35 bits per heavy atom. The highest BCUT2D eigenvalue weighted by molar-refractivity contribution is 7.91. The predicted molar refractivity (Wildman–Crippen MR) is 88.7 cm³/mol. The smallest absolute Gasteiger partial charge is 0.225 e. The Bertz CT molecular complexity index is 538. The van der Waals surface area contributed by atoms with Crippen molar-refractivity contribution in [2.45, 2.75) is 51.5 Å². The van der Waals surface area contributed by atoms with Crippen LogP contribution in [0.25, 0.3) is 0 Å². The number of rotatable bonds is 5. The highest BCUT2D eigenvalue weighted by Gasteiger charge is 2.36. The van der Waals surface area contributed by atoms with Gasteiger partial charge in [0.1, 0.15) is 0 Å². The third-order valence-corrected chi connectivity index (χ3v) is 6.80. The molecule has 6 nitrogen and oxygen atoms in total. The first kappa shape index (κ1) is 18.2. The standard InChI is InChI=1S/C16H28N2O4S/c1-3-4-5-15(19)18-9-6-13(7-10-18)16(20)17(2)14-8-11-23(21,22)12-14/h13-14H,3-12H2,1-2H3. The second kappa shape index (κ2) is 7.64. The fraction of sp³-hybridized carbons (Fsp3) is 0.875. The average molecular weight is 344 g/mol. The van der Waals surface area contributed by atoms with Gasteiger partial charge in [0, 0.05) is 38.5 Å². The molecule has 132 valence electrons. The van der Waals surface area contributed by atoms with Crippen LogP contribution < -0.4 is 0 Å². The first-order chi connectivity index (χ1) is 10.8. The fourth-order valence-corrected chi connectivity index (χ4v) is 5.19. The molecule has 0 aromatic carbocycles. The summed E-state index contributed by atoms with van der Waals surface area (Å²) in [5, 5.41) is 0. The zero-order valence-electron chi connectivity index (χ0n) is 14.2. The third kappa shape index (κ3) is 4.68. The van der Waals surface area contributed by atoms with E-state index in [4.69, 9.17) is 0 Å². The molecule has 2 rings (SSSR count). The van der Waals surface area contributed by atoms with E-state index >= 15 is 0 Å². The lowest BCUT2D eigenvalue weighted by molar-refractivity contribution is -0.141. The molecule has 0 spiro atoms. The van der Waals surface area contributed by atoms with Crippen LogP contribution in [0.1, 0.15) is 45.4 Å². The van der Waals surface area contributed by atoms with Crippen LogP contribution in [-0.4, -0.2) is 67.7 Å². The van der Waals surface area contributed by atoms with Gasteiger partial charge in [-0.25, -0.2) is 8.42 Å². The van der Waals surface area contributed by atoms with E-state index < -0.39 is 9.84 Å². The zero-order valence-corrected chi connectivity index (χ0v) is 15.0. The molecule has 2 aliphatic heterocycles. The minimum absolute atomic E-state index is 0.0350. The van der Waals surface area contributed by atoms with Crippen LogP contribution in [0.2, 0.25) is 0 Å². The number of amides is 2. The molecule has 0 N–H and O–H groups in total. The lowest BCUT2D eigenvalue weighted by Gasteiger charge is -2.34. The van der Waals surface area contributed by atoms with Crippen LogP contribution in [0.3, 0.4) is 0 Å².